The molecule has 0 spiro atoms. The summed E-state index contributed by atoms with van der Waals surface area (Å²) >= 11 is 0. The van der Waals surface area contributed by atoms with Crippen molar-refractivity contribution in [3.63, 3.8) is 0 Å². The molecule has 10 heavy (non-hydrogen) atoms. The minimum Gasteiger partial charge on any atom is -0.388 e. The van der Waals surface area contributed by atoms with Crippen LogP contribution in [0.3, 0.4) is 0 Å². The molecular weight excluding hydrogens is 134 g/mol. The molecule has 4 heteroatoms. The van der Waals surface area contributed by atoms with Crippen LogP contribution in [-0.2, 0) is 4.74 Å². The Morgan fingerprint density at radius 1 is 1.70 bits per heavy atom. The summed E-state index contributed by atoms with van der Waals surface area (Å²) in [5.41, 5.74) is -0.829. The minimum atomic E-state index is -0.829. The van der Waals surface area contributed by atoms with Gasteiger partial charge < -0.3 is 9.84 Å². The predicted molar refractivity (Wildman–Crippen MR) is 37.5 cm³/mol. The molecule has 0 heterocycles. The van der Waals surface area contributed by atoms with Gasteiger partial charge in [-0.25, -0.2) is 0 Å². The number of aliphatic hydroxyl groups is 1. The van der Waals surface area contributed by atoms with Crippen molar-refractivity contribution in [3.8, 4) is 0 Å². The Morgan fingerprint density at radius 3 is 2.70 bits per heavy atom. The Hall–Kier alpha value is -0.480. The van der Waals surface area contributed by atoms with Crippen LogP contribution in [0.15, 0.2) is 5.18 Å². The molecule has 0 aromatic carbocycles. The molecule has 0 saturated carbocycles. The number of hydrogen-bond acceptors (Lipinski definition) is 4. The zero-order chi connectivity index (χ0) is 8.04. The summed E-state index contributed by atoms with van der Waals surface area (Å²) in [6.45, 7) is 3.47. The van der Waals surface area contributed by atoms with E-state index in [9.17, 15) is 10.0 Å². The van der Waals surface area contributed by atoms with E-state index in [-0.39, 0.29) is 13.3 Å². The van der Waals surface area contributed by atoms with Crippen molar-refractivity contribution >= 4 is 0 Å². The van der Waals surface area contributed by atoms with E-state index < -0.39 is 5.60 Å². The fourth-order valence-electron chi connectivity index (χ4n) is 0.405. The van der Waals surface area contributed by atoms with Crippen molar-refractivity contribution < 1.29 is 9.84 Å². The molecule has 0 radical (unpaired) electrons. The van der Waals surface area contributed by atoms with Gasteiger partial charge in [-0.2, -0.15) is 0 Å². The summed E-state index contributed by atoms with van der Waals surface area (Å²) in [6, 6.07) is 0. The average molecular weight is 147 g/mol. The first kappa shape index (κ1) is 9.52. The maximum Gasteiger partial charge on any atom is 0.179 e. The van der Waals surface area contributed by atoms with E-state index in [2.05, 4.69) is 5.18 Å². The molecule has 0 aliphatic carbocycles. The van der Waals surface area contributed by atoms with Crippen molar-refractivity contribution in [3.05, 3.63) is 4.91 Å². The number of hydrogen-bond donors (Lipinski definition) is 1. The van der Waals surface area contributed by atoms with Crippen LogP contribution >= 0.6 is 0 Å². The third-order valence-electron chi connectivity index (χ3n) is 1.32. The molecule has 4 nitrogen and oxygen atoms in total. The van der Waals surface area contributed by atoms with Gasteiger partial charge in [-0.3, -0.25) is 0 Å². The number of nitrogens with zero attached hydrogens (tertiary/aromatic N) is 1. The van der Waals surface area contributed by atoms with Gasteiger partial charge in [0, 0.05) is 0 Å². The first-order chi connectivity index (χ1) is 4.62. The van der Waals surface area contributed by atoms with Crippen LogP contribution < -0.4 is 0 Å². The Morgan fingerprint density at radius 2 is 2.30 bits per heavy atom. The van der Waals surface area contributed by atoms with Crippen LogP contribution in [0.2, 0.25) is 0 Å². The van der Waals surface area contributed by atoms with Gasteiger partial charge in [0.1, 0.15) is 0 Å². The summed E-state index contributed by atoms with van der Waals surface area (Å²) in [4.78, 5) is 9.52. The van der Waals surface area contributed by atoms with Crippen molar-refractivity contribution in [1.82, 2.24) is 0 Å². The maximum absolute atomic E-state index is 9.52. The lowest BCUT2D eigenvalue weighted by atomic mass is 10.1. The SMILES string of the molecule is CCC(C)(O)COCN=O. The molecule has 60 valence electrons. The standard InChI is InChI=1S/C6H13NO3/c1-3-6(2,8)4-10-5-7-9/h8H,3-5H2,1-2H3. The molecule has 0 aromatic heterocycles. The first-order valence-electron chi connectivity index (χ1n) is 3.21. The van der Waals surface area contributed by atoms with Gasteiger partial charge >= 0.3 is 0 Å². The topological polar surface area (TPSA) is 58.9 Å². The summed E-state index contributed by atoms with van der Waals surface area (Å²) in [6.07, 6.45) is 0.603. The molecule has 1 atom stereocenters. The van der Waals surface area contributed by atoms with Crippen molar-refractivity contribution in [2.75, 3.05) is 13.3 Å². The fourth-order valence-corrected chi connectivity index (χ4v) is 0.405. The van der Waals surface area contributed by atoms with Crippen molar-refractivity contribution in [2.45, 2.75) is 25.9 Å². The molecule has 0 aromatic rings. The van der Waals surface area contributed by atoms with Crippen LogP contribution in [0.25, 0.3) is 0 Å². The fraction of sp³-hybridized carbons (Fsp3) is 1.00. The van der Waals surface area contributed by atoms with Gasteiger partial charge in [-0.05, 0) is 18.5 Å². The van der Waals surface area contributed by atoms with Gasteiger partial charge in [-0.1, -0.05) is 6.92 Å². The average Bonchev–Trinajstić information content (AvgIpc) is 1.89. The Labute approximate surface area is 60.2 Å². The van der Waals surface area contributed by atoms with E-state index in [1.807, 2.05) is 6.92 Å². The number of ether oxygens (including phenoxy) is 1. The third kappa shape index (κ3) is 4.40. The van der Waals surface area contributed by atoms with Crippen molar-refractivity contribution in [1.29, 1.82) is 0 Å². The van der Waals surface area contributed by atoms with Gasteiger partial charge in [0.05, 0.1) is 12.2 Å². The highest BCUT2D eigenvalue weighted by atomic mass is 16.5. The highest BCUT2D eigenvalue weighted by Gasteiger charge is 2.16. The van der Waals surface area contributed by atoms with Crippen LogP contribution in [0, 0.1) is 4.91 Å². The van der Waals surface area contributed by atoms with Gasteiger partial charge in [0.25, 0.3) is 0 Å². The minimum absolute atomic E-state index is 0.162. The number of nitroso groups, excluding NO2 is 1. The van der Waals surface area contributed by atoms with Crippen LogP contribution in [-0.4, -0.2) is 24.0 Å². The van der Waals surface area contributed by atoms with Crippen LogP contribution in [0.5, 0.6) is 0 Å². The third-order valence-corrected chi connectivity index (χ3v) is 1.32. The summed E-state index contributed by atoms with van der Waals surface area (Å²) < 4.78 is 4.71. The van der Waals surface area contributed by atoms with Gasteiger partial charge in [-0.15, -0.1) is 4.91 Å². The molecule has 0 aliphatic heterocycles. The second-order valence-corrected chi connectivity index (χ2v) is 2.46. The molecule has 1 N–H and O–H groups in total. The van der Waals surface area contributed by atoms with Crippen LogP contribution in [0.1, 0.15) is 20.3 Å². The summed E-state index contributed by atoms with van der Waals surface area (Å²) in [7, 11) is 0. The summed E-state index contributed by atoms with van der Waals surface area (Å²) in [5, 5.41) is 11.8. The van der Waals surface area contributed by atoms with E-state index in [1.54, 1.807) is 6.92 Å². The van der Waals surface area contributed by atoms with E-state index in [0.717, 1.165) is 0 Å². The lowest BCUT2D eigenvalue weighted by molar-refractivity contribution is -0.0339. The predicted octanol–water partition coefficient (Wildman–Crippen LogP) is 0.888. The second kappa shape index (κ2) is 4.35. The largest absolute Gasteiger partial charge is 0.388 e. The molecule has 0 saturated heterocycles. The van der Waals surface area contributed by atoms with Crippen molar-refractivity contribution in [2.24, 2.45) is 5.18 Å². The van der Waals surface area contributed by atoms with Gasteiger partial charge in [0.15, 0.2) is 6.73 Å². The smallest absolute Gasteiger partial charge is 0.179 e. The Kier molecular flexibility index (Phi) is 4.14. The lowest BCUT2D eigenvalue weighted by Crippen LogP contribution is -2.29. The molecule has 0 bridgehead atoms. The zero-order valence-electron chi connectivity index (χ0n) is 6.33. The molecule has 0 fully saturated rings. The van der Waals surface area contributed by atoms with E-state index >= 15 is 0 Å². The zero-order valence-corrected chi connectivity index (χ0v) is 6.33. The summed E-state index contributed by atoms with van der Waals surface area (Å²) in [5.74, 6) is 0. The highest BCUT2D eigenvalue weighted by Crippen LogP contribution is 2.07. The molecule has 0 amide bonds. The molecule has 0 aliphatic rings. The van der Waals surface area contributed by atoms with Crippen LogP contribution in [0.4, 0.5) is 0 Å². The maximum atomic E-state index is 9.52. The van der Waals surface area contributed by atoms with E-state index in [0.29, 0.717) is 6.42 Å². The van der Waals surface area contributed by atoms with Gasteiger partial charge in [0.2, 0.25) is 0 Å². The number of rotatable bonds is 5. The first-order valence-corrected chi connectivity index (χ1v) is 3.21. The van der Waals surface area contributed by atoms with E-state index in [4.69, 9.17) is 4.74 Å². The Balaban J connectivity index is 3.36. The normalized spacial score (nSPS) is 16.3. The van der Waals surface area contributed by atoms with E-state index in [1.165, 1.54) is 0 Å². The Bertz CT molecular complexity index is 103. The monoisotopic (exact) mass is 147 g/mol. The lowest BCUT2D eigenvalue weighted by Gasteiger charge is -2.19. The molecule has 1 unspecified atom stereocenters. The highest BCUT2D eigenvalue weighted by molar-refractivity contribution is 4.68. The molecular formula is C6H13NO3. The quantitative estimate of drug-likeness (QED) is 0.464. The second-order valence-electron chi connectivity index (χ2n) is 2.46. The molecule has 0 rings (SSSR count).